The summed E-state index contributed by atoms with van der Waals surface area (Å²) in [6.07, 6.45) is 3.45. The first-order chi connectivity index (χ1) is 8.84. The third-order valence-electron chi connectivity index (χ3n) is 3.34. The molecule has 0 aliphatic heterocycles. The summed E-state index contributed by atoms with van der Waals surface area (Å²) in [4.78, 5) is 11.7. The first kappa shape index (κ1) is 16.2. The van der Waals surface area contributed by atoms with Crippen molar-refractivity contribution in [1.29, 1.82) is 0 Å². The van der Waals surface area contributed by atoms with E-state index in [2.05, 4.69) is 17.6 Å². The van der Waals surface area contributed by atoms with Gasteiger partial charge in [-0.3, -0.25) is 0 Å². The number of aliphatic hydroxyl groups excluding tert-OH is 1. The van der Waals surface area contributed by atoms with Gasteiger partial charge >= 0.3 is 6.09 Å². The van der Waals surface area contributed by atoms with Crippen molar-refractivity contribution in [2.45, 2.75) is 77.1 Å². The topological polar surface area (TPSA) is 70.6 Å². The molecule has 1 aliphatic rings. The van der Waals surface area contributed by atoms with E-state index in [-0.39, 0.29) is 24.8 Å². The van der Waals surface area contributed by atoms with Crippen molar-refractivity contribution in [3.8, 4) is 0 Å². The van der Waals surface area contributed by atoms with Gasteiger partial charge in [-0.05, 0) is 46.5 Å². The van der Waals surface area contributed by atoms with Crippen molar-refractivity contribution in [1.82, 2.24) is 10.6 Å². The molecule has 5 heteroatoms. The molecule has 0 bridgehead atoms. The smallest absolute Gasteiger partial charge is 0.407 e. The average molecular weight is 272 g/mol. The van der Waals surface area contributed by atoms with Gasteiger partial charge in [0.1, 0.15) is 5.60 Å². The molecule has 3 N–H and O–H groups in total. The maximum Gasteiger partial charge on any atom is 0.407 e. The largest absolute Gasteiger partial charge is 0.444 e. The Morgan fingerprint density at radius 1 is 1.37 bits per heavy atom. The lowest BCUT2D eigenvalue weighted by Crippen LogP contribution is -2.41. The lowest BCUT2D eigenvalue weighted by molar-refractivity contribution is 0.0505. The fourth-order valence-corrected chi connectivity index (χ4v) is 2.37. The van der Waals surface area contributed by atoms with Crippen LogP contribution in [0.25, 0.3) is 0 Å². The number of hydrogen-bond acceptors (Lipinski definition) is 4. The molecule has 1 rings (SSSR count). The summed E-state index contributed by atoms with van der Waals surface area (Å²) in [6.45, 7) is 7.80. The molecule has 1 fully saturated rings. The quantitative estimate of drug-likeness (QED) is 0.713. The number of rotatable bonds is 5. The maximum atomic E-state index is 11.7. The highest BCUT2D eigenvalue weighted by atomic mass is 16.6. The molecule has 1 amide bonds. The molecule has 1 saturated carbocycles. The van der Waals surface area contributed by atoms with E-state index in [9.17, 15) is 9.90 Å². The van der Waals surface area contributed by atoms with Crippen LogP contribution in [-0.4, -0.2) is 41.5 Å². The molecule has 0 heterocycles. The van der Waals surface area contributed by atoms with Gasteiger partial charge in [-0.25, -0.2) is 4.79 Å². The summed E-state index contributed by atoms with van der Waals surface area (Å²) in [5.41, 5.74) is -0.454. The van der Waals surface area contributed by atoms with Crippen LogP contribution in [0.3, 0.4) is 0 Å². The molecule has 1 aliphatic carbocycles. The molecular weight excluding hydrogens is 244 g/mol. The molecule has 0 radical (unpaired) electrons. The number of ether oxygens (including phenoxy) is 1. The van der Waals surface area contributed by atoms with Crippen LogP contribution in [0.1, 0.15) is 53.4 Å². The number of nitrogens with one attached hydrogen (secondary N) is 2. The average Bonchev–Trinajstić information content (AvgIpc) is 2.70. The minimum atomic E-state index is -0.454. The first-order valence-electron chi connectivity index (χ1n) is 7.20. The summed E-state index contributed by atoms with van der Waals surface area (Å²) in [7, 11) is 0. The van der Waals surface area contributed by atoms with Crippen LogP contribution in [0.4, 0.5) is 4.79 Å². The highest BCUT2D eigenvalue weighted by molar-refractivity contribution is 5.68. The van der Waals surface area contributed by atoms with Gasteiger partial charge in [-0.2, -0.15) is 0 Å². The summed E-state index contributed by atoms with van der Waals surface area (Å²) >= 11 is 0. The van der Waals surface area contributed by atoms with Crippen molar-refractivity contribution >= 4 is 6.09 Å². The van der Waals surface area contributed by atoms with Gasteiger partial charge in [0.25, 0.3) is 0 Å². The Bertz CT molecular complexity index is 285. The Balaban J connectivity index is 2.30. The minimum absolute atomic E-state index is 0.158. The normalized spacial score (nSPS) is 25.1. The summed E-state index contributed by atoms with van der Waals surface area (Å²) < 4.78 is 5.25. The maximum absolute atomic E-state index is 11.7. The van der Waals surface area contributed by atoms with Crippen LogP contribution >= 0.6 is 0 Å². The number of carbonyl (C=O) groups excluding carboxylic acids is 1. The number of aliphatic hydroxyl groups is 1. The van der Waals surface area contributed by atoms with E-state index in [0.29, 0.717) is 6.04 Å². The second kappa shape index (κ2) is 7.10. The van der Waals surface area contributed by atoms with Crippen molar-refractivity contribution in [3.05, 3.63) is 0 Å². The molecule has 0 spiro atoms. The fraction of sp³-hybridized carbons (Fsp3) is 0.929. The van der Waals surface area contributed by atoms with E-state index in [0.717, 1.165) is 25.7 Å². The first-order valence-corrected chi connectivity index (χ1v) is 7.20. The Morgan fingerprint density at radius 2 is 2.00 bits per heavy atom. The molecule has 5 nitrogen and oxygen atoms in total. The molecule has 2 unspecified atom stereocenters. The molecule has 0 aromatic carbocycles. The second-order valence-corrected chi connectivity index (χ2v) is 6.31. The predicted molar refractivity (Wildman–Crippen MR) is 75.1 cm³/mol. The highest BCUT2D eigenvalue weighted by Gasteiger charge is 2.28. The van der Waals surface area contributed by atoms with E-state index in [4.69, 9.17) is 4.74 Å². The summed E-state index contributed by atoms with van der Waals surface area (Å²) in [6, 6.07) is 0.700. The number of amides is 1. The van der Waals surface area contributed by atoms with Gasteiger partial charge in [0.2, 0.25) is 0 Å². The zero-order valence-electron chi connectivity index (χ0n) is 12.5. The van der Waals surface area contributed by atoms with Crippen molar-refractivity contribution in [3.63, 3.8) is 0 Å². The molecule has 112 valence electrons. The Kier molecular flexibility index (Phi) is 6.07. The highest BCUT2D eigenvalue weighted by Crippen LogP contribution is 2.20. The fourth-order valence-electron chi connectivity index (χ4n) is 2.37. The van der Waals surface area contributed by atoms with Crippen LogP contribution in [0.2, 0.25) is 0 Å². The minimum Gasteiger partial charge on any atom is -0.444 e. The molecule has 0 aromatic heterocycles. The van der Waals surface area contributed by atoms with Crippen LogP contribution in [0.15, 0.2) is 0 Å². The molecular formula is C14H28N2O3. The van der Waals surface area contributed by atoms with Crippen LogP contribution < -0.4 is 10.6 Å². The van der Waals surface area contributed by atoms with Crippen LogP contribution in [0.5, 0.6) is 0 Å². The number of hydrogen-bond donors (Lipinski definition) is 3. The molecule has 0 saturated heterocycles. The van der Waals surface area contributed by atoms with Gasteiger partial charge in [-0.1, -0.05) is 6.92 Å². The molecule has 19 heavy (non-hydrogen) atoms. The van der Waals surface area contributed by atoms with Gasteiger partial charge in [0.15, 0.2) is 0 Å². The van der Waals surface area contributed by atoms with Crippen LogP contribution in [-0.2, 0) is 4.74 Å². The Hall–Kier alpha value is -0.810. The van der Waals surface area contributed by atoms with E-state index < -0.39 is 5.60 Å². The number of alkyl carbamates (subject to hydrolysis) is 1. The van der Waals surface area contributed by atoms with Gasteiger partial charge in [-0.15, -0.1) is 0 Å². The zero-order valence-corrected chi connectivity index (χ0v) is 12.5. The predicted octanol–water partition coefficient (Wildman–Crippen LogP) is 1.79. The second-order valence-electron chi connectivity index (χ2n) is 6.31. The summed E-state index contributed by atoms with van der Waals surface area (Å²) in [5.74, 6) is 0. The van der Waals surface area contributed by atoms with Crippen molar-refractivity contribution in [2.24, 2.45) is 0 Å². The third-order valence-corrected chi connectivity index (χ3v) is 3.34. The zero-order chi connectivity index (χ0) is 14.5. The van der Waals surface area contributed by atoms with Gasteiger partial charge < -0.3 is 20.5 Å². The third kappa shape index (κ3) is 6.25. The Morgan fingerprint density at radius 3 is 2.53 bits per heavy atom. The van der Waals surface area contributed by atoms with Crippen molar-refractivity contribution in [2.75, 3.05) is 6.61 Å². The van der Waals surface area contributed by atoms with E-state index in [1.54, 1.807) is 0 Å². The Labute approximate surface area is 116 Å². The monoisotopic (exact) mass is 272 g/mol. The lowest BCUT2D eigenvalue weighted by atomic mass is 10.1. The van der Waals surface area contributed by atoms with Gasteiger partial charge in [0, 0.05) is 18.1 Å². The van der Waals surface area contributed by atoms with Crippen LogP contribution in [0, 0.1) is 0 Å². The summed E-state index contributed by atoms with van der Waals surface area (Å²) in [5, 5.41) is 15.5. The number of carbonyl (C=O) groups is 1. The molecule has 3 atom stereocenters. The van der Waals surface area contributed by atoms with E-state index in [1.807, 2.05) is 20.8 Å². The SMILES string of the molecule is CC[C@H](CO)NC1CCC(NC(=O)OC(C)(C)C)C1. The van der Waals surface area contributed by atoms with E-state index >= 15 is 0 Å². The lowest BCUT2D eigenvalue weighted by Gasteiger charge is -2.22. The molecule has 0 aromatic rings. The standard InChI is InChI=1S/C14H28N2O3/c1-5-10(9-17)15-11-6-7-12(8-11)16-13(18)19-14(2,3)4/h10-12,15,17H,5-9H2,1-4H3,(H,16,18)/t10-,11?,12?/m1/s1. The van der Waals surface area contributed by atoms with Crippen molar-refractivity contribution < 1.29 is 14.6 Å². The van der Waals surface area contributed by atoms with Gasteiger partial charge in [0.05, 0.1) is 6.61 Å². The van der Waals surface area contributed by atoms with E-state index in [1.165, 1.54) is 0 Å².